The lowest BCUT2D eigenvalue weighted by Crippen LogP contribution is -2.27. The zero-order chi connectivity index (χ0) is 18.3. The van der Waals surface area contributed by atoms with Crippen molar-refractivity contribution in [1.82, 2.24) is 0 Å². The molecule has 1 amide bonds. The molecule has 0 aliphatic heterocycles. The summed E-state index contributed by atoms with van der Waals surface area (Å²) in [5.41, 5.74) is -0.787. The Morgan fingerprint density at radius 3 is 2.50 bits per heavy atom. The predicted molar refractivity (Wildman–Crippen MR) is 86.9 cm³/mol. The van der Waals surface area contributed by atoms with Crippen molar-refractivity contribution in [2.24, 2.45) is 0 Å². The summed E-state index contributed by atoms with van der Waals surface area (Å²) in [7, 11) is 0. The molecule has 0 heterocycles. The van der Waals surface area contributed by atoms with E-state index in [9.17, 15) is 18.4 Å². The van der Waals surface area contributed by atoms with E-state index in [0.29, 0.717) is 0 Å². The fraction of sp³-hybridized carbons (Fsp3) is 0.412. The zero-order valence-electron chi connectivity index (χ0n) is 14.1. The largest absolute Gasteiger partial charge is 0.463 e. The van der Waals surface area contributed by atoms with E-state index in [4.69, 9.17) is 4.74 Å². The Hall–Kier alpha value is -2.44. The summed E-state index contributed by atoms with van der Waals surface area (Å²) in [6.07, 6.45) is -2.82. The average Bonchev–Trinajstić information content (AvgIpc) is 2.42. The topological polar surface area (TPSA) is 64.6 Å². The van der Waals surface area contributed by atoms with Crippen LogP contribution in [-0.2, 0) is 14.3 Å². The van der Waals surface area contributed by atoms with E-state index < -0.39 is 29.7 Å². The van der Waals surface area contributed by atoms with Gasteiger partial charge in [0.2, 0.25) is 0 Å². The van der Waals surface area contributed by atoms with Gasteiger partial charge >= 0.3 is 12.1 Å². The van der Waals surface area contributed by atoms with Crippen LogP contribution in [0.3, 0.4) is 0 Å². The van der Waals surface area contributed by atoms with Gasteiger partial charge in [0.1, 0.15) is 5.60 Å². The molecule has 0 aliphatic carbocycles. The fourth-order valence-corrected chi connectivity index (χ4v) is 1.78. The number of carbonyl (C=O) groups is 2. The molecule has 0 aliphatic rings. The molecule has 132 valence electrons. The number of hydrogen-bond acceptors (Lipinski definition) is 4. The van der Waals surface area contributed by atoms with Gasteiger partial charge in [-0.1, -0.05) is 12.1 Å². The van der Waals surface area contributed by atoms with Crippen molar-refractivity contribution in [2.75, 3.05) is 11.9 Å². The van der Waals surface area contributed by atoms with Gasteiger partial charge < -0.3 is 9.47 Å². The molecule has 24 heavy (non-hydrogen) atoms. The van der Waals surface area contributed by atoms with Gasteiger partial charge in [0, 0.05) is 17.3 Å². The molecule has 1 rings (SSSR count). The van der Waals surface area contributed by atoms with Gasteiger partial charge in [-0.2, -0.15) is 0 Å². The van der Waals surface area contributed by atoms with E-state index in [1.807, 2.05) is 0 Å². The molecule has 0 saturated heterocycles. The summed E-state index contributed by atoms with van der Waals surface area (Å²) in [6, 6.07) is 5.77. The number of nitrogens with one attached hydrogen (secondary N) is 1. The monoisotopic (exact) mass is 341 g/mol. The number of amides is 1. The van der Waals surface area contributed by atoms with Crippen molar-refractivity contribution in [1.29, 1.82) is 0 Å². The molecular weight excluding hydrogens is 320 g/mol. The molecular formula is C17H21F2NO4. The van der Waals surface area contributed by atoms with Crippen LogP contribution in [-0.4, -0.2) is 30.7 Å². The lowest BCUT2D eigenvalue weighted by Gasteiger charge is -2.19. The molecule has 0 atom stereocenters. The first-order chi connectivity index (χ1) is 11.1. The number of anilines is 1. The van der Waals surface area contributed by atoms with Crippen molar-refractivity contribution >= 4 is 23.3 Å². The maximum absolute atomic E-state index is 13.2. The van der Waals surface area contributed by atoms with Crippen molar-refractivity contribution in [3.05, 3.63) is 35.9 Å². The van der Waals surface area contributed by atoms with Crippen LogP contribution in [0.5, 0.6) is 0 Å². The molecule has 0 aromatic heterocycles. The zero-order valence-corrected chi connectivity index (χ0v) is 14.1. The van der Waals surface area contributed by atoms with Crippen LogP contribution in [0.4, 0.5) is 19.3 Å². The van der Waals surface area contributed by atoms with Gasteiger partial charge in [-0.25, -0.2) is 18.4 Å². The second kappa shape index (κ2) is 8.42. The SMILES string of the molecule is CCOC(=O)/C=C(/c1cccc(NC(=O)OC(C)(C)C)c1)C(F)F. The van der Waals surface area contributed by atoms with E-state index >= 15 is 0 Å². The van der Waals surface area contributed by atoms with Crippen LogP contribution >= 0.6 is 0 Å². The van der Waals surface area contributed by atoms with Gasteiger partial charge in [0.15, 0.2) is 0 Å². The minimum Gasteiger partial charge on any atom is -0.463 e. The number of benzene rings is 1. The quantitative estimate of drug-likeness (QED) is 0.642. The molecule has 0 unspecified atom stereocenters. The predicted octanol–water partition coefficient (Wildman–Crippen LogP) is 4.25. The van der Waals surface area contributed by atoms with Crippen LogP contribution < -0.4 is 5.32 Å². The second-order valence-corrected chi connectivity index (χ2v) is 5.86. The van der Waals surface area contributed by atoms with Gasteiger partial charge in [0.25, 0.3) is 6.43 Å². The summed E-state index contributed by atoms with van der Waals surface area (Å²) in [6.45, 7) is 6.80. The third-order valence-corrected chi connectivity index (χ3v) is 2.64. The molecule has 1 N–H and O–H groups in total. The van der Waals surface area contributed by atoms with Crippen LogP contribution in [0.2, 0.25) is 0 Å². The van der Waals surface area contributed by atoms with Crippen molar-refractivity contribution in [2.45, 2.75) is 39.7 Å². The Balaban J connectivity index is 3.00. The van der Waals surface area contributed by atoms with E-state index in [1.54, 1.807) is 27.7 Å². The summed E-state index contributed by atoms with van der Waals surface area (Å²) >= 11 is 0. The second-order valence-electron chi connectivity index (χ2n) is 5.86. The number of ether oxygens (including phenoxy) is 2. The normalized spacial score (nSPS) is 12.0. The Morgan fingerprint density at radius 1 is 1.29 bits per heavy atom. The summed E-state index contributed by atoms with van der Waals surface area (Å²) < 4.78 is 36.2. The average molecular weight is 341 g/mol. The van der Waals surface area contributed by atoms with Crippen LogP contribution in [0.1, 0.15) is 33.3 Å². The minimum absolute atomic E-state index is 0.0894. The first-order valence-electron chi connectivity index (χ1n) is 7.39. The maximum Gasteiger partial charge on any atom is 0.412 e. The molecule has 0 fully saturated rings. The molecule has 7 heteroatoms. The Kier molecular flexibility index (Phi) is 6.88. The van der Waals surface area contributed by atoms with Crippen LogP contribution in [0, 0.1) is 0 Å². The lowest BCUT2D eigenvalue weighted by atomic mass is 10.1. The highest BCUT2D eigenvalue weighted by atomic mass is 19.3. The first-order valence-corrected chi connectivity index (χ1v) is 7.39. The molecule has 0 radical (unpaired) electrons. The van der Waals surface area contributed by atoms with Gasteiger partial charge in [-0.3, -0.25) is 5.32 Å². The molecule has 1 aromatic rings. The van der Waals surface area contributed by atoms with Crippen LogP contribution in [0.15, 0.2) is 30.3 Å². The Labute approximate surface area is 139 Å². The number of carbonyl (C=O) groups excluding carboxylic acids is 2. The lowest BCUT2D eigenvalue weighted by molar-refractivity contribution is -0.137. The van der Waals surface area contributed by atoms with Crippen LogP contribution in [0.25, 0.3) is 5.57 Å². The molecule has 1 aromatic carbocycles. The fourth-order valence-electron chi connectivity index (χ4n) is 1.78. The van der Waals surface area contributed by atoms with Gasteiger partial charge in [-0.05, 0) is 45.4 Å². The summed E-state index contributed by atoms with van der Waals surface area (Å²) in [5.74, 6) is -0.849. The number of allylic oxidation sites excluding steroid dienone is 1. The van der Waals surface area contributed by atoms with Gasteiger partial charge in [0.05, 0.1) is 6.61 Å². The summed E-state index contributed by atoms with van der Waals surface area (Å²) in [5, 5.41) is 2.46. The minimum atomic E-state index is -2.87. The number of hydrogen-bond donors (Lipinski definition) is 1. The standard InChI is InChI=1S/C17H21F2NO4/c1-5-23-14(21)10-13(15(18)19)11-7-6-8-12(9-11)20-16(22)24-17(2,3)4/h6-10,15H,5H2,1-4H3,(H,20,22)/b13-10-. The molecule has 0 bridgehead atoms. The highest BCUT2D eigenvalue weighted by Crippen LogP contribution is 2.25. The van der Waals surface area contributed by atoms with E-state index in [0.717, 1.165) is 6.08 Å². The highest BCUT2D eigenvalue weighted by Gasteiger charge is 2.18. The van der Waals surface area contributed by atoms with Gasteiger partial charge in [-0.15, -0.1) is 0 Å². The third kappa shape index (κ3) is 6.76. The first kappa shape index (κ1) is 19.6. The molecule has 5 nitrogen and oxygen atoms in total. The highest BCUT2D eigenvalue weighted by molar-refractivity contribution is 5.93. The Bertz CT molecular complexity index is 621. The number of rotatable bonds is 5. The van der Waals surface area contributed by atoms with E-state index in [1.165, 1.54) is 24.3 Å². The van der Waals surface area contributed by atoms with E-state index in [-0.39, 0.29) is 17.9 Å². The molecule has 0 saturated carbocycles. The summed E-state index contributed by atoms with van der Waals surface area (Å²) in [4.78, 5) is 23.2. The van der Waals surface area contributed by atoms with Crippen molar-refractivity contribution in [3.63, 3.8) is 0 Å². The number of halogens is 2. The van der Waals surface area contributed by atoms with Crippen molar-refractivity contribution in [3.8, 4) is 0 Å². The van der Waals surface area contributed by atoms with E-state index in [2.05, 4.69) is 10.1 Å². The maximum atomic E-state index is 13.2. The molecule has 0 spiro atoms. The third-order valence-electron chi connectivity index (χ3n) is 2.64. The smallest absolute Gasteiger partial charge is 0.412 e. The number of esters is 1. The Morgan fingerprint density at radius 2 is 1.96 bits per heavy atom. The number of alkyl halides is 2. The van der Waals surface area contributed by atoms with Crippen molar-refractivity contribution < 1.29 is 27.8 Å².